The van der Waals surface area contributed by atoms with Gasteiger partial charge in [0.2, 0.25) is 0 Å². The largest absolute Gasteiger partial charge is 0.393 e. The molecule has 1 saturated heterocycles. The van der Waals surface area contributed by atoms with Crippen LogP contribution in [0.3, 0.4) is 0 Å². The van der Waals surface area contributed by atoms with Crippen LogP contribution in [0.4, 0.5) is 0 Å². The lowest BCUT2D eigenvalue weighted by molar-refractivity contribution is -0.0150. The summed E-state index contributed by atoms with van der Waals surface area (Å²) in [5.74, 6) is 0. The summed E-state index contributed by atoms with van der Waals surface area (Å²) in [5.41, 5.74) is 2.12. The maximum Gasteiger partial charge on any atom is 0.0766 e. The van der Waals surface area contributed by atoms with Crippen molar-refractivity contribution in [3.63, 3.8) is 0 Å². The molecule has 1 aromatic heterocycles. The Hall–Kier alpha value is -0.390. The van der Waals surface area contributed by atoms with Crippen LogP contribution in [-0.4, -0.2) is 33.7 Å². The molecular weight excluding hydrogens is 308 g/mol. The maximum atomic E-state index is 10.2. The number of halogens is 1. The third-order valence-corrected chi connectivity index (χ3v) is 4.66. The third-order valence-electron chi connectivity index (χ3n) is 3.74. The van der Waals surface area contributed by atoms with E-state index in [4.69, 9.17) is 4.74 Å². The Balaban J connectivity index is 1.94. The van der Waals surface area contributed by atoms with E-state index < -0.39 is 0 Å². The van der Waals surface area contributed by atoms with Gasteiger partial charge in [0, 0.05) is 20.1 Å². The standard InChI is InChI=1S/C14H23BrN2O2/c1-3-12-14(15)13(17(2)16-12)9-10(18)8-11-6-4-5-7-19-11/h10-11,18H,3-9H2,1-2H3. The molecule has 0 radical (unpaired) electrons. The normalized spacial score (nSPS) is 21.6. The Labute approximate surface area is 123 Å². The van der Waals surface area contributed by atoms with Crippen LogP contribution >= 0.6 is 15.9 Å². The third kappa shape index (κ3) is 3.80. The molecule has 2 rings (SSSR count). The molecule has 1 aliphatic heterocycles. The number of aliphatic hydroxyl groups is 1. The SMILES string of the molecule is CCc1nn(C)c(CC(O)CC2CCCCO2)c1Br. The van der Waals surface area contributed by atoms with Crippen LogP contribution in [-0.2, 0) is 24.6 Å². The Kier molecular flexibility index (Phi) is 5.42. The zero-order valence-corrected chi connectivity index (χ0v) is 13.3. The molecule has 1 N–H and O–H groups in total. The zero-order chi connectivity index (χ0) is 13.8. The summed E-state index contributed by atoms with van der Waals surface area (Å²) >= 11 is 3.59. The van der Waals surface area contributed by atoms with Crippen molar-refractivity contribution in [2.75, 3.05) is 6.61 Å². The molecule has 0 bridgehead atoms. The first-order valence-electron chi connectivity index (χ1n) is 7.11. The molecule has 0 spiro atoms. The van der Waals surface area contributed by atoms with Crippen molar-refractivity contribution >= 4 is 15.9 Å². The first-order valence-corrected chi connectivity index (χ1v) is 7.91. The molecular formula is C14H23BrN2O2. The Bertz CT molecular complexity index is 414. The second kappa shape index (κ2) is 6.86. The number of aryl methyl sites for hydroxylation is 2. The number of nitrogens with zero attached hydrogens (tertiary/aromatic N) is 2. The molecule has 1 aromatic rings. The summed E-state index contributed by atoms with van der Waals surface area (Å²) in [6.45, 7) is 2.93. The summed E-state index contributed by atoms with van der Waals surface area (Å²) in [7, 11) is 1.93. The van der Waals surface area contributed by atoms with E-state index in [1.54, 1.807) is 0 Å². The fraction of sp³-hybridized carbons (Fsp3) is 0.786. The predicted molar refractivity (Wildman–Crippen MR) is 78.2 cm³/mol. The van der Waals surface area contributed by atoms with Gasteiger partial charge in [0.15, 0.2) is 0 Å². The number of hydrogen-bond donors (Lipinski definition) is 1. The van der Waals surface area contributed by atoms with Gasteiger partial charge in [-0.25, -0.2) is 0 Å². The number of ether oxygens (including phenoxy) is 1. The maximum absolute atomic E-state index is 10.2. The molecule has 5 heteroatoms. The van der Waals surface area contributed by atoms with E-state index >= 15 is 0 Å². The molecule has 0 amide bonds. The predicted octanol–water partition coefficient (Wildman–Crippen LogP) is 2.61. The minimum atomic E-state index is -0.362. The molecule has 108 valence electrons. The lowest BCUT2D eigenvalue weighted by atomic mass is 10.0. The summed E-state index contributed by atoms with van der Waals surface area (Å²) in [5, 5.41) is 14.7. The van der Waals surface area contributed by atoms with Crippen LogP contribution in [0.25, 0.3) is 0 Å². The molecule has 0 saturated carbocycles. The zero-order valence-electron chi connectivity index (χ0n) is 11.7. The number of aromatic nitrogens is 2. The van der Waals surface area contributed by atoms with Gasteiger partial charge in [0.05, 0.1) is 28.1 Å². The minimum Gasteiger partial charge on any atom is -0.393 e. The van der Waals surface area contributed by atoms with Gasteiger partial charge in [-0.3, -0.25) is 4.68 Å². The molecule has 2 unspecified atom stereocenters. The minimum absolute atomic E-state index is 0.224. The van der Waals surface area contributed by atoms with E-state index in [0.29, 0.717) is 6.42 Å². The summed E-state index contributed by atoms with van der Waals surface area (Å²) in [6.07, 6.45) is 5.55. The Morgan fingerprint density at radius 2 is 2.32 bits per heavy atom. The van der Waals surface area contributed by atoms with Gasteiger partial charge in [-0.05, 0) is 48.0 Å². The second-order valence-corrected chi connectivity index (χ2v) is 6.06. The Morgan fingerprint density at radius 1 is 1.53 bits per heavy atom. The second-order valence-electron chi connectivity index (χ2n) is 5.27. The molecule has 0 aliphatic carbocycles. The van der Waals surface area contributed by atoms with Crippen molar-refractivity contribution in [3.8, 4) is 0 Å². The van der Waals surface area contributed by atoms with Crippen molar-refractivity contribution in [3.05, 3.63) is 15.9 Å². The Morgan fingerprint density at radius 3 is 2.89 bits per heavy atom. The van der Waals surface area contributed by atoms with Crippen molar-refractivity contribution in [1.82, 2.24) is 9.78 Å². The summed E-state index contributed by atoms with van der Waals surface area (Å²) in [4.78, 5) is 0. The molecule has 2 heterocycles. The van der Waals surface area contributed by atoms with E-state index in [1.807, 2.05) is 11.7 Å². The highest BCUT2D eigenvalue weighted by Gasteiger charge is 2.21. The van der Waals surface area contributed by atoms with Crippen LogP contribution in [0.5, 0.6) is 0 Å². The van der Waals surface area contributed by atoms with Gasteiger partial charge < -0.3 is 9.84 Å². The van der Waals surface area contributed by atoms with Gasteiger partial charge in [-0.1, -0.05) is 6.92 Å². The lowest BCUT2D eigenvalue weighted by Crippen LogP contribution is -2.26. The summed E-state index contributed by atoms with van der Waals surface area (Å²) < 4.78 is 8.59. The van der Waals surface area contributed by atoms with Crippen molar-refractivity contribution in [2.45, 2.75) is 57.7 Å². The average Bonchev–Trinajstić information content (AvgIpc) is 2.67. The van der Waals surface area contributed by atoms with Gasteiger partial charge in [-0.2, -0.15) is 5.10 Å². The molecule has 1 aliphatic rings. The van der Waals surface area contributed by atoms with Crippen LogP contribution in [0.15, 0.2) is 4.47 Å². The van der Waals surface area contributed by atoms with Crippen LogP contribution in [0, 0.1) is 0 Å². The van der Waals surface area contributed by atoms with Gasteiger partial charge in [0.1, 0.15) is 0 Å². The highest BCUT2D eigenvalue weighted by atomic mass is 79.9. The van der Waals surface area contributed by atoms with Crippen molar-refractivity contribution in [2.24, 2.45) is 7.05 Å². The summed E-state index contributed by atoms with van der Waals surface area (Å²) in [6, 6.07) is 0. The van der Waals surface area contributed by atoms with Gasteiger partial charge in [0.25, 0.3) is 0 Å². The topological polar surface area (TPSA) is 47.3 Å². The van der Waals surface area contributed by atoms with E-state index in [-0.39, 0.29) is 12.2 Å². The first kappa shape index (κ1) is 15.0. The van der Waals surface area contributed by atoms with Crippen molar-refractivity contribution in [1.29, 1.82) is 0 Å². The fourth-order valence-electron chi connectivity index (χ4n) is 2.64. The van der Waals surface area contributed by atoms with Gasteiger partial charge in [-0.15, -0.1) is 0 Å². The molecule has 1 fully saturated rings. The molecule has 0 aromatic carbocycles. The highest BCUT2D eigenvalue weighted by molar-refractivity contribution is 9.10. The first-order chi connectivity index (χ1) is 9.11. The van der Waals surface area contributed by atoms with Crippen LogP contribution in [0.1, 0.15) is 44.0 Å². The number of hydrogen-bond acceptors (Lipinski definition) is 3. The average molecular weight is 331 g/mol. The van der Waals surface area contributed by atoms with Gasteiger partial charge >= 0.3 is 0 Å². The number of aliphatic hydroxyl groups excluding tert-OH is 1. The molecule has 19 heavy (non-hydrogen) atoms. The molecule has 2 atom stereocenters. The monoisotopic (exact) mass is 330 g/mol. The van der Waals surface area contributed by atoms with E-state index in [0.717, 1.165) is 48.2 Å². The van der Waals surface area contributed by atoms with Crippen LogP contribution in [0.2, 0.25) is 0 Å². The quantitative estimate of drug-likeness (QED) is 0.902. The lowest BCUT2D eigenvalue weighted by Gasteiger charge is -2.24. The smallest absolute Gasteiger partial charge is 0.0766 e. The molecule has 4 nitrogen and oxygen atoms in total. The van der Waals surface area contributed by atoms with Crippen molar-refractivity contribution < 1.29 is 9.84 Å². The number of rotatable bonds is 5. The van der Waals surface area contributed by atoms with Crippen LogP contribution < -0.4 is 0 Å². The fourth-order valence-corrected chi connectivity index (χ4v) is 3.42. The van der Waals surface area contributed by atoms with E-state index in [9.17, 15) is 5.11 Å². The van der Waals surface area contributed by atoms with E-state index in [2.05, 4.69) is 28.0 Å². The van der Waals surface area contributed by atoms with E-state index in [1.165, 1.54) is 6.42 Å². The highest BCUT2D eigenvalue weighted by Crippen LogP contribution is 2.25.